The summed E-state index contributed by atoms with van der Waals surface area (Å²) >= 11 is 0. The standard InChI is InChI=1S/C22H28O5/c1-3-4-5-6-7-8-20(24)26-15-16(2)9-12-18-19(23)13-10-17-11-14-21(25)27-22(17)18/h9-11,13-14,23H,3-8,12,15H2,1-2H3/b16-9+. The van der Waals surface area contributed by atoms with Gasteiger partial charge in [0, 0.05) is 23.4 Å². The topological polar surface area (TPSA) is 76.7 Å². The summed E-state index contributed by atoms with van der Waals surface area (Å²) in [5.74, 6) is -0.108. The zero-order valence-electron chi connectivity index (χ0n) is 16.1. The van der Waals surface area contributed by atoms with Gasteiger partial charge in [-0.1, -0.05) is 38.7 Å². The fourth-order valence-electron chi connectivity index (χ4n) is 2.85. The average Bonchev–Trinajstić information content (AvgIpc) is 2.65. The van der Waals surface area contributed by atoms with Gasteiger partial charge in [0.2, 0.25) is 0 Å². The van der Waals surface area contributed by atoms with Crippen LogP contribution >= 0.6 is 0 Å². The number of aromatic hydroxyl groups is 1. The van der Waals surface area contributed by atoms with E-state index in [0.717, 1.165) is 30.2 Å². The maximum absolute atomic E-state index is 11.8. The summed E-state index contributed by atoms with van der Waals surface area (Å²) in [6, 6.07) is 6.31. The minimum atomic E-state index is -0.456. The predicted molar refractivity (Wildman–Crippen MR) is 106 cm³/mol. The molecule has 0 amide bonds. The normalized spacial score (nSPS) is 11.7. The summed E-state index contributed by atoms with van der Waals surface area (Å²) in [5.41, 5.74) is 1.36. The number of benzene rings is 1. The number of carbonyl (C=O) groups excluding carboxylic acids is 1. The smallest absolute Gasteiger partial charge is 0.336 e. The highest BCUT2D eigenvalue weighted by atomic mass is 16.5. The molecule has 27 heavy (non-hydrogen) atoms. The molecule has 1 aromatic carbocycles. The number of allylic oxidation sites excluding steroid dienone is 1. The zero-order valence-corrected chi connectivity index (χ0v) is 16.1. The third kappa shape index (κ3) is 6.59. The third-order valence-electron chi connectivity index (χ3n) is 4.47. The van der Waals surface area contributed by atoms with Gasteiger partial charge in [-0.2, -0.15) is 0 Å². The predicted octanol–water partition coefficient (Wildman–Crippen LogP) is 4.89. The molecule has 5 nitrogen and oxygen atoms in total. The Morgan fingerprint density at radius 1 is 1.15 bits per heavy atom. The first kappa shape index (κ1) is 20.7. The van der Waals surface area contributed by atoms with E-state index in [1.807, 2.05) is 13.0 Å². The number of esters is 1. The van der Waals surface area contributed by atoms with Gasteiger partial charge < -0.3 is 14.3 Å². The molecule has 0 aliphatic heterocycles. The highest BCUT2D eigenvalue weighted by Crippen LogP contribution is 2.27. The van der Waals surface area contributed by atoms with Crippen molar-refractivity contribution in [2.75, 3.05) is 6.61 Å². The van der Waals surface area contributed by atoms with Crippen molar-refractivity contribution in [1.82, 2.24) is 0 Å². The number of rotatable bonds is 10. The summed E-state index contributed by atoms with van der Waals surface area (Å²) in [7, 11) is 0. The molecule has 0 saturated heterocycles. The Kier molecular flexibility index (Phi) is 8.11. The Balaban J connectivity index is 1.89. The van der Waals surface area contributed by atoms with Crippen LogP contribution in [0.25, 0.3) is 11.0 Å². The largest absolute Gasteiger partial charge is 0.508 e. The van der Waals surface area contributed by atoms with Crippen molar-refractivity contribution < 1.29 is 19.1 Å². The number of phenols is 1. The van der Waals surface area contributed by atoms with Crippen molar-refractivity contribution in [2.24, 2.45) is 0 Å². The van der Waals surface area contributed by atoms with Gasteiger partial charge in [0.15, 0.2) is 0 Å². The maximum atomic E-state index is 11.8. The number of phenolic OH excluding ortho intramolecular Hbond substituents is 1. The second kappa shape index (κ2) is 10.6. The Hall–Kier alpha value is -2.56. The molecule has 5 heteroatoms. The lowest BCUT2D eigenvalue weighted by molar-refractivity contribution is -0.142. The van der Waals surface area contributed by atoms with Gasteiger partial charge in [-0.3, -0.25) is 4.79 Å². The zero-order chi connectivity index (χ0) is 19.6. The number of unbranched alkanes of at least 4 members (excludes halogenated alkanes) is 4. The minimum absolute atomic E-state index is 0.0741. The van der Waals surface area contributed by atoms with E-state index in [9.17, 15) is 14.7 Å². The van der Waals surface area contributed by atoms with Crippen LogP contribution in [0.5, 0.6) is 5.75 Å². The summed E-state index contributed by atoms with van der Waals surface area (Å²) in [6.07, 6.45) is 8.18. The second-order valence-corrected chi connectivity index (χ2v) is 6.82. The summed E-state index contributed by atoms with van der Waals surface area (Å²) in [6.45, 7) is 4.26. The van der Waals surface area contributed by atoms with Gasteiger partial charge in [-0.05, 0) is 43.5 Å². The molecule has 0 unspecified atom stereocenters. The average molecular weight is 372 g/mol. The summed E-state index contributed by atoms with van der Waals surface area (Å²) in [5, 5.41) is 10.9. The number of fused-ring (bicyclic) bond motifs is 1. The number of hydrogen-bond donors (Lipinski definition) is 1. The lowest BCUT2D eigenvalue weighted by atomic mass is 10.1. The Labute approximate surface area is 159 Å². The molecule has 0 aliphatic carbocycles. The van der Waals surface area contributed by atoms with E-state index in [1.165, 1.54) is 18.9 Å². The monoisotopic (exact) mass is 372 g/mol. The Morgan fingerprint density at radius 2 is 1.89 bits per heavy atom. The third-order valence-corrected chi connectivity index (χ3v) is 4.47. The van der Waals surface area contributed by atoms with Crippen molar-refractivity contribution in [1.29, 1.82) is 0 Å². The van der Waals surface area contributed by atoms with E-state index >= 15 is 0 Å². The van der Waals surface area contributed by atoms with Crippen molar-refractivity contribution in [3.8, 4) is 5.75 Å². The van der Waals surface area contributed by atoms with Crippen LogP contribution in [0.3, 0.4) is 0 Å². The van der Waals surface area contributed by atoms with E-state index < -0.39 is 5.63 Å². The highest BCUT2D eigenvalue weighted by Gasteiger charge is 2.09. The number of ether oxygens (including phenoxy) is 1. The van der Waals surface area contributed by atoms with Crippen LogP contribution < -0.4 is 5.63 Å². The van der Waals surface area contributed by atoms with Crippen molar-refractivity contribution in [2.45, 2.75) is 58.8 Å². The lowest BCUT2D eigenvalue weighted by Gasteiger charge is -2.07. The quantitative estimate of drug-likeness (QED) is 0.278. The first-order valence-corrected chi connectivity index (χ1v) is 9.57. The molecule has 0 atom stereocenters. The molecular formula is C22H28O5. The molecule has 0 aliphatic rings. The van der Waals surface area contributed by atoms with Crippen LogP contribution in [0.1, 0.15) is 57.9 Å². The molecule has 1 aromatic heterocycles. The van der Waals surface area contributed by atoms with Gasteiger partial charge in [-0.15, -0.1) is 0 Å². The van der Waals surface area contributed by atoms with E-state index in [4.69, 9.17) is 9.15 Å². The summed E-state index contributed by atoms with van der Waals surface area (Å²) in [4.78, 5) is 23.3. The fraction of sp³-hybridized carbons (Fsp3) is 0.455. The molecule has 0 saturated carbocycles. The van der Waals surface area contributed by atoms with E-state index in [2.05, 4.69) is 6.92 Å². The molecule has 0 bridgehead atoms. The van der Waals surface area contributed by atoms with Crippen LogP contribution in [-0.4, -0.2) is 17.7 Å². The van der Waals surface area contributed by atoms with Gasteiger partial charge in [-0.25, -0.2) is 4.79 Å². The molecule has 1 heterocycles. The van der Waals surface area contributed by atoms with Crippen LogP contribution in [0, 0.1) is 0 Å². The van der Waals surface area contributed by atoms with Gasteiger partial charge in [0.05, 0.1) is 0 Å². The highest BCUT2D eigenvalue weighted by molar-refractivity contribution is 5.82. The van der Waals surface area contributed by atoms with Crippen molar-refractivity contribution >= 4 is 16.9 Å². The molecule has 0 fully saturated rings. The van der Waals surface area contributed by atoms with Gasteiger partial charge in [0.25, 0.3) is 0 Å². The fourth-order valence-corrected chi connectivity index (χ4v) is 2.85. The summed E-state index contributed by atoms with van der Waals surface area (Å²) < 4.78 is 10.5. The van der Waals surface area contributed by atoms with E-state index in [0.29, 0.717) is 24.0 Å². The van der Waals surface area contributed by atoms with Crippen LogP contribution in [0.15, 0.2) is 45.1 Å². The maximum Gasteiger partial charge on any atom is 0.336 e. The molecular weight excluding hydrogens is 344 g/mol. The van der Waals surface area contributed by atoms with E-state index in [1.54, 1.807) is 18.2 Å². The first-order chi connectivity index (χ1) is 13.0. The lowest BCUT2D eigenvalue weighted by Crippen LogP contribution is -2.06. The molecule has 0 radical (unpaired) electrons. The molecule has 1 N–H and O–H groups in total. The molecule has 2 aromatic rings. The Bertz CT molecular complexity index is 847. The van der Waals surface area contributed by atoms with Crippen molar-refractivity contribution in [3.63, 3.8) is 0 Å². The van der Waals surface area contributed by atoms with Gasteiger partial charge in [0.1, 0.15) is 17.9 Å². The van der Waals surface area contributed by atoms with Crippen LogP contribution in [0.4, 0.5) is 0 Å². The molecule has 0 spiro atoms. The van der Waals surface area contributed by atoms with Crippen LogP contribution in [0.2, 0.25) is 0 Å². The molecule has 146 valence electrons. The van der Waals surface area contributed by atoms with Gasteiger partial charge >= 0.3 is 11.6 Å². The number of hydrogen-bond acceptors (Lipinski definition) is 5. The number of carbonyl (C=O) groups is 1. The van der Waals surface area contributed by atoms with Crippen molar-refractivity contribution in [3.05, 3.63) is 51.9 Å². The van der Waals surface area contributed by atoms with Crippen LogP contribution in [-0.2, 0) is 16.0 Å². The van der Waals surface area contributed by atoms with E-state index in [-0.39, 0.29) is 18.3 Å². The SMILES string of the molecule is CCCCCCCC(=O)OC/C(C)=C/Cc1c(O)ccc2ccc(=O)oc12. The first-order valence-electron chi connectivity index (χ1n) is 9.57. The molecule has 2 rings (SSSR count). The second-order valence-electron chi connectivity index (χ2n) is 6.82. The Morgan fingerprint density at radius 3 is 2.67 bits per heavy atom. The minimum Gasteiger partial charge on any atom is -0.508 e.